The number of fused-ring (bicyclic) bond motifs is 2. The van der Waals surface area contributed by atoms with Gasteiger partial charge in [-0.15, -0.1) is 0 Å². The molecule has 0 aliphatic carbocycles. The third kappa shape index (κ3) is 3.50. The first kappa shape index (κ1) is 19.9. The number of rotatable bonds is 5. The molecule has 2 amide bonds. The van der Waals surface area contributed by atoms with Gasteiger partial charge in [0.15, 0.2) is 5.76 Å². The van der Waals surface area contributed by atoms with Crippen LogP contribution >= 0.6 is 0 Å². The van der Waals surface area contributed by atoms with Crippen LogP contribution in [0, 0.1) is 0 Å². The second-order valence-electron chi connectivity index (χ2n) is 7.57. The highest BCUT2D eigenvalue weighted by molar-refractivity contribution is 6.15. The van der Waals surface area contributed by atoms with Crippen molar-refractivity contribution in [1.82, 2.24) is 0 Å². The third-order valence-corrected chi connectivity index (χ3v) is 5.63. The molecule has 0 saturated carbocycles. The topological polar surface area (TPSA) is 71.8 Å². The first-order chi connectivity index (χ1) is 15.7. The van der Waals surface area contributed by atoms with Gasteiger partial charge in [-0.3, -0.25) is 9.59 Å². The van der Waals surface area contributed by atoms with E-state index in [0.29, 0.717) is 35.9 Å². The highest BCUT2D eigenvalue weighted by Gasteiger charge is 2.27. The van der Waals surface area contributed by atoms with Crippen LogP contribution in [0.4, 0.5) is 11.4 Å². The van der Waals surface area contributed by atoms with Crippen molar-refractivity contribution in [3.63, 3.8) is 0 Å². The molecule has 3 aromatic carbocycles. The summed E-state index contributed by atoms with van der Waals surface area (Å²) in [6, 6.07) is 20.5. The van der Waals surface area contributed by atoms with E-state index in [-0.39, 0.29) is 11.8 Å². The van der Waals surface area contributed by atoms with Crippen LogP contribution in [0.15, 0.2) is 77.4 Å². The largest absolute Gasteiger partial charge is 0.493 e. The van der Waals surface area contributed by atoms with E-state index in [1.807, 2.05) is 61.5 Å². The molecule has 0 saturated heterocycles. The summed E-state index contributed by atoms with van der Waals surface area (Å²) in [5.41, 5.74) is 2.95. The molecule has 160 valence electrons. The average Bonchev–Trinajstić information content (AvgIpc) is 3.49. The predicted octanol–water partition coefficient (Wildman–Crippen LogP) is 5.29. The monoisotopic (exact) mass is 426 g/mol. The zero-order valence-electron chi connectivity index (χ0n) is 17.6. The summed E-state index contributed by atoms with van der Waals surface area (Å²) in [6.07, 6.45) is 2.24. The molecule has 0 radical (unpaired) electrons. The van der Waals surface area contributed by atoms with Crippen LogP contribution in [0.1, 0.15) is 33.4 Å². The van der Waals surface area contributed by atoms with Crippen molar-refractivity contribution >= 4 is 34.0 Å². The Morgan fingerprint density at radius 1 is 1.06 bits per heavy atom. The van der Waals surface area contributed by atoms with Crippen LogP contribution in [-0.4, -0.2) is 25.0 Å². The van der Waals surface area contributed by atoms with E-state index in [9.17, 15) is 9.59 Å². The van der Waals surface area contributed by atoms with Crippen LogP contribution in [0.25, 0.3) is 10.8 Å². The lowest BCUT2D eigenvalue weighted by molar-refractivity contribution is 0.0962. The highest BCUT2D eigenvalue weighted by Crippen LogP contribution is 2.33. The van der Waals surface area contributed by atoms with Crippen LogP contribution in [0.5, 0.6) is 5.75 Å². The normalized spacial score (nSPS) is 12.6. The van der Waals surface area contributed by atoms with Gasteiger partial charge in [-0.25, -0.2) is 0 Å². The van der Waals surface area contributed by atoms with E-state index in [0.717, 1.165) is 28.4 Å². The molecule has 0 bridgehead atoms. The summed E-state index contributed by atoms with van der Waals surface area (Å²) in [7, 11) is 0. The molecular formula is C26H22N2O4. The number of nitrogens with one attached hydrogen (secondary N) is 1. The number of furan rings is 1. The zero-order valence-corrected chi connectivity index (χ0v) is 17.6. The van der Waals surface area contributed by atoms with Gasteiger partial charge in [0, 0.05) is 17.9 Å². The lowest BCUT2D eigenvalue weighted by Gasteiger charge is -2.17. The van der Waals surface area contributed by atoms with Gasteiger partial charge in [0.2, 0.25) is 0 Å². The highest BCUT2D eigenvalue weighted by atomic mass is 16.5. The molecule has 2 heterocycles. The maximum atomic E-state index is 13.3. The van der Waals surface area contributed by atoms with E-state index < -0.39 is 0 Å². The Kier molecular flexibility index (Phi) is 5.11. The van der Waals surface area contributed by atoms with E-state index >= 15 is 0 Å². The molecule has 6 nitrogen and oxygen atoms in total. The number of benzene rings is 3. The van der Waals surface area contributed by atoms with E-state index in [2.05, 4.69) is 5.32 Å². The van der Waals surface area contributed by atoms with E-state index in [1.54, 1.807) is 17.0 Å². The molecular weight excluding hydrogens is 404 g/mol. The Balaban J connectivity index is 1.47. The number of amides is 2. The van der Waals surface area contributed by atoms with Gasteiger partial charge in [0.25, 0.3) is 11.8 Å². The SMILES string of the molecule is CCOc1ccc2ccccc2c1C(=O)Nc1ccc2c(c1)N(C(=O)c1ccco1)CC2. The minimum atomic E-state index is -0.257. The van der Waals surface area contributed by atoms with Crippen molar-refractivity contribution in [2.24, 2.45) is 0 Å². The summed E-state index contributed by atoms with van der Waals surface area (Å²) < 4.78 is 11.0. The van der Waals surface area contributed by atoms with Crippen LogP contribution < -0.4 is 15.0 Å². The van der Waals surface area contributed by atoms with Crippen molar-refractivity contribution in [3.05, 3.63) is 89.9 Å². The molecule has 0 atom stereocenters. The molecule has 6 heteroatoms. The fourth-order valence-corrected chi connectivity index (χ4v) is 4.16. The molecule has 0 spiro atoms. The molecule has 1 aliphatic heterocycles. The standard InChI is InChI=1S/C26H22N2O4/c1-2-31-22-12-10-17-6-3-4-7-20(17)24(22)25(29)27-19-11-9-18-13-14-28(21(18)16-19)26(30)23-8-5-15-32-23/h3-12,15-16H,2,13-14H2,1H3,(H,27,29). The number of carbonyl (C=O) groups is 2. The predicted molar refractivity (Wildman–Crippen MR) is 124 cm³/mol. The molecule has 32 heavy (non-hydrogen) atoms. The maximum Gasteiger partial charge on any atom is 0.293 e. The van der Waals surface area contributed by atoms with Crippen molar-refractivity contribution in [1.29, 1.82) is 0 Å². The van der Waals surface area contributed by atoms with E-state index in [4.69, 9.17) is 9.15 Å². The van der Waals surface area contributed by atoms with Crippen molar-refractivity contribution in [3.8, 4) is 5.75 Å². The van der Waals surface area contributed by atoms with Gasteiger partial charge in [-0.1, -0.05) is 36.4 Å². The average molecular weight is 426 g/mol. The molecule has 4 aromatic rings. The van der Waals surface area contributed by atoms with Gasteiger partial charge in [-0.2, -0.15) is 0 Å². The number of carbonyl (C=O) groups excluding carboxylic acids is 2. The second-order valence-corrected chi connectivity index (χ2v) is 7.57. The molecule has 0 fully saturated rings. The van der Waals surface area contributed by atoms with Gasteiger partial charge >= 0.3 is 0 Å². The number of anilines is 2. The van der Waals surface area contributed by atoms with E-state index in [1.165, 1.54) is 6.26 Å². The fourth-order valence-electron chi connectivity index (χ4n) is 4.16. The Labute approximate surface area is 185 Å². The first-order valence-electron chi connectivity index (χ1n) is 10.6. The van der Waals surface area contributed by atoms with Crippen LogP contribution in [0.3, 0.4) is 0 Å². The minimum Gasteiger partial charge on any atom is -0.493 e. The number of hydrogen-bond acceptors (Lipinski definition) is 4. The molecule has 1 aromatic heterocycles. The second kappa shape index (κ2) is 8.23. The molecule has 1 N–H and O–H groups in total. The Morgan fingerprint density at radius 3 is 2.75 bits per heavy atom. The third-order valence-electron chi connectivity index (χ3n) is 5.63. The lowest BCUT2D eigenvalue weighted by Crippen LogP contribution is -2.28. The van der Waals surface area contributed by atoms with Gasteiger partial charge in [0.1, 0.15) is 5.75 Å². The lowest BCUT2D eigenvalue weighted by atomic mass is 10.0. The minimum absolute atomic E-state index is 0.190. The summed E-state index contributed by atoms with van der Waals surface area (Å²) in [5, 5.41) is 4.78. The zero-order chi connectivity index (χ0) is 22.1. The van der Waals surface area contributed by atoms with Crippen LogP contribution in [0.2, 0.25) is 0 Å². The Morgan fingerprint density at radius 2 is 1.94 bits per heavy atom. The Hall–Kier alpha value is -4.06. The molecule has 5 rings (SSSR count). The van der Waals surface area contributed by atoms with Crippen molar-refractivity contribution in [2.75, 3.05) is 23.4 Å². The molecule has 1 aliphatic rings. The number of hydrogen-bond donors (Lipinski definition) is 1. The van der Waals surface area contributed by atoms with Gasteiger partial charge in [-0.05, 0) is 60.0 Å². The van der Waals surface area contributed by atoms with Crippen molar-refractivity contribution in [2.45, 2.75) is 13.3 Å². The fraction of sp³-hybridized carbons (Fsp3) is 0.154. The summed E-state index contributed by atoms with van der Waals surface area (Å²) in [4.78, 5) is 27.8. The first-order valence-corrected chi connectivity index (χ1v) is 10.6. The summed E-state index contributed by atoms with van der Waals surface area (Å²) in [6.45, 7) is 2.92. The summed E-state index contributed by atoms with van der Waals surface area (Å²) >= 11 is 0. The molecule has 0 unspecified atom stereocenters. The number of nitrogens with zero attached hydrogens (tertiary/aromatic N) is 1. The van der Waals surface area contributed by atoms with Gasteiger partial charge in [0.05, 0.1) is 18.4 Å². The summed E-state index contributed by atoms with van der Waals surface area (Å²) in [5.74, 6) is 0.390. The number of ether oxygens (including phenoxy) is 1. The smallest absolute Gasteiger partial charge is 0.293 e. The maximum absolute atomic E-state index is 13.3. The Bertz CT molecular complexity index is 1310. The van der Waals surface area contributed by atoms with Crippen molar-refractivity contribution < 1.29 is 18.7 Å². The van der Waals surface area contributed by atoms with Crippen LogP contribution in [-0.2, 0) is 6.42 Å². The quantitative estimate of drug-likeness (QED) is 0.471. The van der Waals surface area contributed by atoms with Gasteiger partial charge < -0.3 is 19.4 Å².